The van der Waals surface area contributed by atoms with Gasteiger partial charge < -0.3 is 9.47 Å². The van der Waals surface area contributed by atoms with Crippen LogP contribution in [-0.4, -0.2) is 12.6 Å². The lowest BCUT2D eigenvalue weighted by molar-refractivity contribution is 1.18. The van der Waals surface area contributed by atoms with Gasteiger partial charge in [-0.2, -0.15) is 0 Å². The first-order chi connectivity index (χ1) is 36.2. The molecule has 2 nitrogen and oxygen atoms in total. The number of hydrogen-bond donors (Lipinski definition) is 0. The quantitative estimate of drug-likeness (QED) is 0.0926. The van der Waals surface area contributed by atoms with Crippen LogP contribution in [0.2, 0.25) is 0 Å². The molecule has 1 aromatic heterocycles. The van der Waals surface area contributed by atoms with Gasteiger partial charge in [0.2, 0.25) is 0 Å². The fourth-order valence-electron chi connectivity index (χ4n) is 11.3. The van der Waals surface area contributed by atoms with Crippen LogP contribution in [0.3, 0.4) is 0 Å². The lowest BCUT2D eigenvalue weighted by atomic mass is 9.97. The van der Waals surface area contributed by atoms with Crippen LogP contribution in [0.25, 0.3) is 71.6 Å². The first kappa shape index (κ1) is 43.7. The second kappa shape index (κ2) is 18.8. The molecule has 0 bridgehead atoms. The standard InChI is InChI=1S/C70H50N2Si/c1-6-19-51(20-7-1)56-38-35-54-41-44-61(50-57(54)49-56)71(60-45-47-65(48-46-60)73(62-23-10-3-11-24-62,63-25-12-4-13-26-63)64-27-14-5-15-28-64)59-42-39-53(40-43-59)52-33-36-55(37-34-52)66-30-18-32-69-70(66)67-29-16-17-31-68(67)72(69)58-21-8-2-9-22-58/h1-50H. The highest BCUT2D eigenvalue weighted by molar-refractivity contribution is 7.19. The predicted octanol–water partition coefficient (Wildman–Crippen LogP) is 15.8. The van der Waals surface area contributed by atoms with Gasteiger partial charge in [0.25, 0.3) is 0 Å². The predicted molar refractivity (Wildman–Crippen MR) is 313 cm³/mol. The highest BCUT2D eigenvalue weighted by Crippen LogP contribution is 2.41. The van der Waals surface area contributed by atoms with Crippen LogP contribution >= 0.6 is 0 Å². The van der Waals surface area contributed by atoms with E-state index in [-0.39, 0.29) is 0 Å². The molecule has 3 heteroatoms. The van der Waals surface area contributed by atoms with Gasteiger partial charge in [-0.1, -0.05) is 237 Å². The lowest BCUT2D eigenvalue weighted by Gasteiger charge is -2.35. The number of anilines is 3. The van der Waals surface area contributed by atoms with Crippen molar-refractivity contribution in [2.75, 3.05) is 4.90 Å². The Morgan fingerprint density at radius 1 is 0.274 bits per heavy atom. The molecule has 1 heterocycles. The molecular weight excluding hydrogens is 897 g/mol. The molecule has 0 saturated carbocycles. The zero-order chi connectivity index (χ0) is 48.6. The highest BCUT2D eigenvalue weighted by atomic mass is 28.3. The van der Waals surface area contributed by atoms with Gasteiger partial charge >= 0.3 is 0 Å². The number of nitrogens with zero attached hydrogens (tertiary/aromatic N) is 2. The summed E-state index contributed by atoms with van der Waals surface area (Å²) in [4.78, 5) is 2.41. The van der Waals surface area contributed by atoms with E-state index in [2.05, 4.69) is 313 Å². The summed E-state index contributed by atoms with van der Waals surface area (Å²) < 4.78 is 2.39. The van der Waals surface area contributed by atoms with Crippen LogP contribution in [0.5, 0.6) is 0 Å². The lowest BCUT2D eigenvalue weighted by Crippen LogP contribution is -2.74. The van der Waals surface area contributed by atoms with Gasteiger partial charge in [0.1, 0.15) is 0 Å². The molecule has 12 aromatic carbocycles. The molecule has 0 fully saturated rings. The third-order valence-electron chi connectivity index (χ3n) is 14.7. The van der Waals surface area contributed by atoms with E-state index in [4.69, 9.17) is 0 Å². The van der Waals surface area contributed by atoms with Crippen molar-refractivity contribution >= 4 is 78.5 Å². The summed E-state index contributed by atoms with van der Waals surface area (Å²) in [6.45, 7) is 0. The van der Waals surface area contributed by atoms with E-state index < -0.39 is 8.07 Å². The van der Waals surface area contributed by atoms with E-state index in [1.807, 2.05) is 0 Å². The number of benzene rings is 12. The zero-order valence-corrected chi connectivity index (χ0v) is 41.3. The van der Waals surface area contributed by atoms with Crippen LogP contribution in [0, 0.1) is 0 Å². The van der Waals surface area contributed by atoms with Crippen LogP contribution in [0.15, 0.2) is 303 Å². The highest BCUT2D eigenvalue weighted by Gasteiger charge is 2.41. The first-order valence-corrected chi connectivity index (χ1v) is 27.2. The summed E-state index contributed by atoms with van der Waals surface area (Å²) in [6, 6.07) is 112. The van der Waals surface area contributed by atoms with Crippen molar-refractivity contribution in [3.63, 3.8) is 0 Å². The van der Waals surface area contributed by atoms with Crippen molar-refractivity contribution in [2.45, 2.75) is 0 Å². The second-order valence-electron chi connectivity index (χ2n) is 18.9. The summed E-state index contributed by atoms with van der Waals surface area (Å²) in [7, 11) is -2.72. The Hall–Kier alpha value is -9.28. The molecule has 13 rings (SSSR count). The number of fused-ring (bicyclic) bond motifs is 4. The van der Waals surface area contributed by atoms with Gasteiger partial charge in [0, 0.05) is 33.5 Å². The SMILES string of the molecule is c1ccc(-c2ccc3ccc(N(c4ccc(-c5ccc(-c6cccc7c6c6ccccc6n7-c6ccccc6)cc5)cc4)c4ccc([Si](c5ccccc5)(c5ccccc5)c5ccccc5)cc4)cc3c2)cc1. The van der Waals surface area contributed by atoms with Crippen molar-refractivity contribution in [1.29, 1.82) is 0 Å². The average molecular weight is 947 g/mol. The molecule has 0 aliphatic heterocycles. The van der Waals surface area contributed by atoms with Crippen LogP contribution < -0.4 is 25.6 Å². The van der Waals surface area contributed by atoms with Gasteiger partial charge in [0.15, 0.2) is 8.07 Å². The van der Waals surface area contributed by atoms with Crippen molar-refractivity contribution in [3.8, 4) is 39.1 Å². The number of aromatic nitrogens is 1. The summed E-state index contributed by atoms with van der Waals surface area (Å²) in [6.07, 6.45) is 0. The fraction of sp³-hybridized carbons (Fsp3) is 0. The Labute approximate surface area is 428 Å². The minimum Gasteiger partial charge on any atom is -0.310 e. The average Bonchev–Trinajstić information content (AvgIpc) is 3.82. The second-order valence-corrected chi connectivity index (χ2v) is 22.7. The van der Waals surface area contributed by atoms with Gasteiger partial charge in [-0.3, -0.25) is 0 Å². The zero-order valence-electron chi connectivity index (χ0n) is 40.3. The fourth-order valence-corrected chi connectivity index (χ4v) is 16.1. The van der Waals surface area contributed by atoms with Crippen molar-refractivity contribution in [3.05, 3.63) is 303 Å². The molecule has 344 valence electrons. The van der Waals surface area contributed by atoms with E-state index in [9.17, 15) is 0 Å². The normalized spacial score (nSPS) is 11.6. The maximum absolute atomic E-state index is 2.72. The molecule has 73 heavy (non-hydrogen) atoms. The van der Waals surface area contributed by atoms with Crippen LogP contribution in [-0.2, 0) is 0 Å². The molecule has 0 saturated heterocycles. The van der Waals surface area contributed by atoms with Crippen molar-refractivity contribution in [2.24, 2.45) is 0 Å². The first-order valence-electron chi connectivity index (χ1n) is 25.2. The number of para-hydroxylation sites is 2. The molecule has 13 aromatic rings. The van der Waals surface area contributed by atoms with Gasteiger partial charge in [-0.15, -0.1) is 0 Å². The van der Waals surface area contributed by atoms with E-state index in [0.717, 1.165) is 22.7 Å². The maximum atomic E-state index is 2.41. The molecular formula is C70H50N2Si. The summed E-state index contributed by atoms with van der Waals surface area (Å²) in [5.41, 5.74) is 14.0. The molecule has 0 radical (unpaired) electrons. The Morgan fingerprint density at radius 3 is 1.33 bits per heavy atom. The van der Waals surface area contributed by atoms with Gasteiger partial charge in [-0.05, 0) is 132 Å². The van der Waals surface area contributed by atoms with Crippen LogP contribution in [0.4, 0.5) is 17.1 Å². The number of hydrogen-bond acceptors (Lipinski definition) is 1. The minimum absolute atomic E-state index is 1.09. The monoisotopic (exact) mass is 946 g/mol. The van der Waals surface area contributed by atoms with Crippen LogP contribution in [0.1, 0.15) is 0 Å². The number of rotatable bonds is 11. The smallest absolute Gasteiger partial charge is 0.179 e. The Kier molecular flexibility index (Phi) is 11.3. The summed E-state index contributed by atoms with van der Waals surface area (Å²) in [5, 5.41) is 10.3. The minimum atomic E-state index is -2.72. The van der Waals surface area contributed by atoms with Crippen molar-refractivity contribution in [1.82, 2.24) is 4.57 Å². The molecule has 0 atom stereocenters. The Bertz CT molecular complexity index is 3930. The molecule has 0 aliphatic carbocycles. The Morgan fingerprint density at radius 2 is 0.712 bits per heavy atom. The topological polar surface area (TPSA) is 8.17 Å². The van der Waals surface area contributed by atoms with E-state index in [1.165, 1.54) is 86.7 Å². The molecule has 0 unspecified atom stereocenters. The molecule has 0 amide bonds. The van der Waals surface area contributed by atoms with E-state index in [1.54, 1.807) is 0 Å². The summed E-state index contributed by atoms with van der Waals surface area (Å²) >= 11 is 0. The summed E-state index contributed by atoms with van der Waals surface area (Å²) in [5.74, 6) is 0. The van der Waals surface area contributed by atoms with E-state index in [0.29, 0.717) is 0 Å². The molecule has 0 aliphatic rings. The largest absolute Gasteiger partial charge is 0.310 e. The third-order valence-corrected chi connectivity index (χ3v) is 19.5. The van der Waals surface area contributed by atoms with Gasteiger partial charge in [0.05, 0.1) is 11.0 Å². The van der Waals surface area contributed by atoms with E-state index >= 15 is 0 Å². The third kappa shape index (κ3) is 7.84. The van der Waals surface area contributed by atoms with Gasteiger partial charge in [-0.25, -0.2) is 0 Å². The van der Waals surface area contributed by atoms with Crippen molar-refractivity contribution < 1.29 is 0 Å². The maximum Gasteiger partial charge on any atom is 0.179 e. The molecule has 0 spiro atoms. The molecule has 0 N–H and O–H groups in total. The Balaban J connectivity index is 0.901.